The van der Waals surface area contributed by atoms with Gasteiger partial charge < -0.3 is 14.2 Å². The maximum Gasteiger partial charge on any atom is 0.161 e. The lowest BCUT2D eigenvalue weighted by atomic mass is 9.71. The number of ether oxygens (including phenoxy) is 3. The Kier molecular flexibility index (Phi) is 30.9. The third kappa shape index (κ3) is 68.6. The van der Waals surface area contributed by atoms with E-state index in [2.05, 4.69) is 180 Å². The number of hydrogen-bond donors (Lipinski definition) is 0. The molecule has 3 nitrogen and oxygen atoms in total. The Morgan fingerprint density at radius 1 is 0.213 bits per heavy atom. The molecule has 0 fully saturated rings. The van der Waals surface area contributed by atoms with Gasteiger partial charge in [0, 0.05) is 21.3 Å². The molecule has 0 aromatic carbocycles. The summed E-state index contributed by atoms with van der Waals surface area (Å²) in [6.07, 6.45) is 0. The molecule has 0 rings (SSSR count). The topological polar surface area (TPSA) is 27.7 Å². The van der Waals surface area contributed by atoms with Crippen LogP contribution in [0.2, 0.25) is 0 Å². The van der Waals surface area contributed by atoms with Crippen molar-refractivity contribution in [2.75, 3.05) is 21.3 Å². The molecule has 0 radical (unpaired) electrons. The van der Waals surface area contributed by atoms with Crippen molar-refractivity contribution >= 4 is 0 Å². The lowest BCUT2D eigenvalue weighted by Crippen LogP contribution is -2.25. The van der Waals surface area contributed by atoms with Crippen molar-refractivity contribution in [1.29, 1.82) is 0 Å². The quantitative estimate of drug-likeness (QED) is 0.272. The number of hydrogen-bond acceptors (Lipinski definition) is 3. The lowest BCUT2D eigenvalue weighted by Gasteiger charge is -2.34. The summed E-state index contributed by atoms with van der Waals surface area (Å²) in [5, 5.41) is 0. The lowest BCUT2D eigenvalue weighted by molar-refractivity contribution is -0.178. The van der Waals surface area contributed by atoms with Gasteiger partial charge in [0.1, 0.15) is 0 Å². The predicted octanol–water partition coefficient (Wildman–Crippen LogP) is 15.8. The van der Waals surface area contributed by atoms with E-state index in [1.165, 1.54) is 0 Å². The first-order chi connectivity index (χ1) is 19.4. The predicted molar refractivity (Wildman–Crippen MR) is 222 cm³/mol. The maximum atomic E-state index is 4.94. The highest BCUT2D eigenvalue weighted by Crippen LogP contribution is 2.37. The van der Waals surface area contributed by atoms with Crippen molar-refractivity contribution in [1.82, 2.24) is 0 Å². The Balaban J connectivity index is -0.0000000801. The fourth-order valence-corrected chi connectivity index (χ4v) is 0.0833. The molecule has 0 amide bonds. The second kappa shape index (κ2) is 23.4. The first-order valence-electron chi connectivity index (χ1n) is 18.1. The minimum Gasteiger partial charge on any atom is -0.379 e. The van der Waals surface area contributed by atoms with Crippen LogP contribution in [0.25, 0.3) is 0 Å². The van der Waals surface area contributed by atoms with E-state index in [0.29, 0.717) is 43.3 Å². The molecule has 296 valence electrons. The highest BCUT2D eigenvalue weighted by atomic mass is 16.7. The molecule has 0 saturated heterocycles. The van der Waals surface area contributed by atoms with Crippen LogP contribution in [0.15, 0.2) is 0 Å². The van der Waals surface area contributed by atoms with Gasteiger partial charge in [-0.25, -0.2) is 0 Å². The van der Waals surface area contributed by atoms with E-state index in [1.54, 1.807) is 21.3 Å². The van der Waals surface area contributed by atoms with Gasteiger partial charge in [0.25, 0.3) is 0 Å². The van der Waals surface area contributed by atoms with Crippen LogP contribution in [-0.4, -0.2) is 32.7 Å². The SMILES string of the molecule is CC(C)(C)C.CC(C)(C)C.CC(C)(C)C(C)(C)C.CC(C)(C)C(C)(C)C.CC(C)(C)C(C)(C)C.COC(C)(C)C.COC(C)(C)OC. The van der Waals surface area contributed by atoms with Crippen LogP contribution >= 0.6 is 0 Å². The molecule has 0 aliphatic rings. The van der Waals surface area contributed by atoms with Gasteiger partial charge in [-0.3, -0.25) is 0 Å². The standard InChI is InChI=1S/3C8H18.C5H12O2.C5H12O.2C5H12/c3*1-7(2,3)8(4,5)6;1-5(2,6-3)7-4;1-5(2,3)6-4;2*1-5(2,3)4/h3*1-6H3;1-4H3;1-4H3;2*1-4H3. The van der Waals surface area contributed by atoms with Gasteiger partial charge in [-0.05, 0) is 77.9 Å². The van der Waals surface area contributed by atoms with Gasteiger partial charge in [0.15, 0.2) is 5.79 Å². The molecule has 0 unspecified atom stereocenters. The van der Waals surface area contributed by atoms with Crippen molar-refractivity contribution in [2.24, 2.45) is 43.3 Å². The summed E-state index contributed by atoms with van der Waals surface area (Å²) >= 11 is 0. The van der Waals surface area contributed by atoms with E-state index in [4.69, 9.17) is 14.2 Å². The van der Waals surface area contributed by atoms with Crippen molar-refractivity contribution in [3.05, 3.63) is 0 Å². The Bertz CT molecular complexity index is 557. The first kappa shape index (κ1) is 62.0. The largest absolute Gasteiger partial charge is 0.379 e. The second-order valence-corrected chi connectivity index (χ2v) is 23.6. The van der Waals surface area contributed by atoms with Crippen LogP contribution in [0, 0.1) is 43.3 Å². The van der Waals surface area contributed by atoms with Gasteiger partial charge in [0.05, 0.1) is 5.60 Å². The first-order valence-corrected chi connectivity index (χ1v) is 18.1. The molecule has 0 bridgehead atoms. The highest BCUT2D eigenvalue weighted by molar-refractivity contribution is 4.78. The summed E-state index contributed by atoms with van der Waals surface area (Å²) < 4.78 is 14.7. The normalized spacial score (nSPS) is 13.1. The summed E-state index contributed by atoms with van der Waals surface area (Å²) in [6.45, 7) is 68.1. The Hall–Kier alpha value is -0.120. The third-order valence-electron chi connectivity index (χ3n) is 8.35. The van der Waals surface area contributed by atoms with Gasteiger partial charge in [-0.2, -0.15) is 0 Å². The molecule has 0 N–H and O–H groups in total. The van der Waals surface area contributed by atoms with E-state index in [-0.39, 0.29) is 5.60 Å². The summed E-state index contributed by atoms with van der Waals surface area (Å²) in [5.41, 5.74) is 3.67. The van der Waals surface area contributed by atoms with Crippen molar-refractivity contribution in [3.63, 3.8) is 0 Å². The Labute approximate surface area is 304 Å². The average molecular weight is 679 g/mol. The van der Waals surface area contributed by atoms with Gasteiger partial charge in [-0.15, -0.1) is 0 Å². The summed E-state index contributed by atoms with van der Waals surface area (Å²) in [5.74, 6) is -0.417. The van der Waals surface area contributed by atoms with E-state index >= 15 is 0 Å². The van der Waals surface area contributed by atoms with Crippen molar-refractivity contribution in [3.8, 4) is 0 Å². The number of rotatable bonds is 2. The molecule has 0 heterocycles. The van der Waals surface area contributed by atoms with Crippen molar-refractivity contribution < 1.29 is 14.2 Å². The van der Waals surface area contributed by atoms with Crippen LogP contribution in [0.3, 0.4) is 0 Å². The minimum absolute atomic E-state index is 0.0417. The maximum absolute atomic E-state index is 4.94. The van der Waals surface area contributed by atoms with Gasteiger partial charge in [-0.1, -0.05) is 180 Å². The minimum atomic E-state index is -0.417. The smallest absolute Gasteiger partial charge is 0.161 e. The number of methoxy groups -OCH3 is 3. The summed E-state index contributed by atoms with van der Waals surface area (Å²) in [6, 6.07) is 0. The molecule has 47 heavy (non-hydrogen) atoms. The van der Waals surface area contributed by atoms with Gasteiger partial charge in [0.2, 0.25) is 0 Å². The molecule has 0 saturated carbocycles. The second-order valence-electron chi connectivity index (χ2n) is 23.6. The Morgan fingerprint density at radius 3 is 0.298 bits per heavy atom. The van der Waals surface area contributed by atoms with Crippen LogP contribution in [0.1, 0.15) is 215 Å². The van der Waals surface area contributed by atoms with Crippen LogP contribution in [0.5, 0.6) is 0 Å². The van der Waals surface area contributed by atoms with E-state index < -0.39 is 5.79 Å². The van der Waals surface area contributed by atoms with E-state index in [0.717, 1.165) is 0 Å². The Morgan fingerprint density at radius 2 is 0.298 bits per heavy atom. The average Bonchev–Trinajstić information content (AvgIpc) is 2.68. The van der Waals surface area contributed by atoms with Crippen molar-refractivity contribution in [2.45, 2.75) is 226 Å². The monoisotopic (exact) mass is 679 g/mol. The molecule has 0 aromatic rings. The van der Waals surface area contributed by atoms with Gasteiger partial charge >= 0.3 is 0 Å². The van der Waals surface area contributed by atoms with Crippen LogP contribution in [0.4, 0.5) is 0 Å². The zero-order chi connectivity index (χ0) is 41.1. The fraction of sp³-hybridized carbons (Fsp3) is 1.00. The van der Waals surface area contributed by atoms with E-state index in [1.807, 2.05) is 34.6 Å². The molecular formula is C44H102O3. The molecule has 0 spiro atoms. The van der Waals surface area contributed by atoms with E-state index in [9.17, 15) is 0 Å². The molecular weight excluding hydrogens is 576 g/mol. The molecule has 0 atom stereocenters. The third-order valence-corrected chi connectivity index (χ3v) is 8.35. The summed E-state index contributed by atoms with van der Waals surface area (Å²) in [4.78, 5) is 0. The highest BCUT2D eigenvalue weighted by Gasteiger charge is 2.28. The zero-order valence-electron chi connectivity index (χ0n) is 40.2. The molecule has 0 aromatic heterocycles. The molecule has 0 aliphatic carbocycles. The molecule has 0 aliphatic heterocycles. The zero-order valence-corrected chi connectivity index (χ0v) is 40.2. The molecule has 3 heteroatoms. The van der Waals surface area contributed by atoms with Crippen LogP contribution in [-0.2, 0) is 14.2 Å². The summed E-state index contributed by atoms with van der Waals surface area (Å²) in [7, 11) is 4.94. The van der Waals surface area contributed by atoms with Crippen LogP contribution < -0.4 is 0 Å². The fourth-order valence-electron chi connectivity index (χ4n) is 0.0833.